The number of benzene rings is 2. The second kappa shape index (κ2) is 7.89. The normalized spacial score (nSPS) is 20.2. The Morgan fingerprint density at radius 1 is 1.24 bits per heavy atom. The molecule has 2 aromatic rings. The van der Waals surface area contributed by atoms with Crippen LogP contribution in [0.3, 0.4) is 0 Å². The number of hydrogen-bond donors (Lipinski definition) is 2. The van der Waals surface area contributed by atoms with E-state index in [9.17, 15) is 5.11 Å². The minimum absolute atomic E-state index is 0.0187. The summed E-state index contributed by atoms with van der Waals surface area (Å²) in [5.74, 6) is 0.678. The van der Waals surface area contributed by atoms with Gasteiger partial charge >= 0.3 is 0 Å². The van der Waals surface area contributed by atoms with E-state index in [4.69, 9.17) is 21.3 Å². The van der Waals surface area contributed by atoms with Gasteiger partial charge in [0.25, 0.3) is 0 Å². The summed E-state index contributed by atoms with van der Waals surface area (Å²) in [7, 11) is 1.56. The van der Waals surface area contributed by atoms with Crippen molar-refractivity contribution < 1.29 is 9.84 Å². The third-order valence-electron chi connectivity index (χ3n) is 4.47. The first-order valence-electron chi connectivity index (χ1n) is 8.57. The number of aliphatic imine (C=N–C) groups is 1. The van der Waals surface area contributed by atoms with Gasteiger partial charge in [0.1, 0.15) is 6.17 Å². The summed E-state index contributed by atoms with van der Waals surface area (Å²) in [4.78, 5) is 4.87. The maximum atomic E-state index is 10.5. The number of ether oxygens (including phenoxy) is 1. The van der Waals surface area contributed by atoms with E-state index in [2.05, 4.69) is 12.2 Å². The maximum absolute atomic E-state index is 10.5. The molecule has 0 fully saturated rings. The molecule has 0 unspecified atom stereocenters. The summed E-state index contributed by atoms with van der Waals surface area (Å²) in [5, 5.41) is 14.8. The molecule has 2 aromatic carbocycles. The van der Waals surface area contributed by atoms with Gasteiger partial charge in [0.05, 0.1) is 7.11 Å². The highest BCUT2D eigenvalue weighted by Crippen LogP contribution is 2.37. The molecule has 1 aliphatic heterocycles. The summed E-state index contributed by atoms with van der Waals surface area (Å²) >= 11 is 6.01. The Morgan fingerprint density at radius 2 is 2.00 bits per heavy atom. The van der Waals surface area contributed by atoms with Crippen LogP contribution in [0.1, 0.15) is 43.4 Å². The second-order valence-electron chi connectivity index (χ2n) is 6.21. The Labute approximate surface area is 153 Å². The van der Waals surface area contributed by atoms with Gasteiger partial charge in [-0.25, -0.2) is 0 Å². The number of methoxy groups -OCH3 is 1. The lowest BCUT2D eigenvalue weighted by molar-refractivity contribution is 0.356. The number of halogens is 1. The van der Waals surface area contributed by atoms with Crippen molar-refractivity contribution >= 4 is 17.3 Å². The van der Waals surface area contributed by atoms with Crippen molar-refractivity contribution in [2.45, 2.75) is 38.4 Å². The van der Waals surface area contributed by atoms with Crippen molar-refractivity contribution in [3.63, 3.8) is 0 Å². The molecule has 25 heavy (non-hydrogen) atoms. The van der Waals surface area contributed by atoms with E-state index in [1.165, 1.54) is 0 Å². The van der Waals surface area contributed by atoms with Crippen LogP contribution in [0.15, 0.2) is 47.5 Å². The van der Waals surface area contributed by atoms with Gasteiger partial charge in [0, 0.05) is 28.8 Å². The zero-order valence-corrected chi connectivity index (χ0v) is 15.3. The standard InChI is InChI=1S/C20H23ClN2O2/c1-3-5-19-22-16(13-8-10-14(21)11-9-13)12-17(23-19)15-6-4-7-18(25-2)20(15)24/h4,6-11,17,19,23-24H,3,5,12H2,1-2H3/t17-,19+/m0/s1. The van der Waals surface area contributed by atoms with Gasteiger partial charge in [0.2, 0.25) is 0 Å². The molecule has 0 bridgehead atoms. The lowest BCUT2D eigenvalue weighted by atomic mass is 9.94. The van der Waals surface area contributed by atoms with Crippen molar-refractivity contribution in [3.05, 3.63) is 58.6 Å². The van der Waals surface area contributed by atoms with Crippen LogP contribution in [0, 0.1) is 0 Å². The molecular formula is C20H23ClN2O2. The number of phenols is 1. The number of hydrogen-bond acceptors (Lipinski definition) is 4. The summed E-state index contributed by atoms with van der Waals surface area (Å²) in [6, 6.07) is 13.3. The molecule has 0 amide bonds. The largest absolute Gasteiger partial charge is 0.504 e. The lowest BCUT2D eigenvalue weighted by Crippen LogP contribution is -2.38. The van der Waals surface area contributed by atoms with Crippen LogP contribution in [-0.4, -0.2) is 24.1 Å². The van der Waals surface area contributed by atoms with Gasteiger partial charge in [-0.05, 0) is 30.2 Å². The fourth-order valence-corrected chi connectivity index (χ4v) is 3.33. The van der Waals surface area contributed by atoms with Gasteiger partial charge in [-0.2, -0.15) is 0 Å². The molecule has 0 saturated heterocycles. The molecule has 0 saturated carbocycles. The monoisotopic (exact) mass is 358 g/mol. The minimum atomic E-state index is -0.0187. The first-order chi connectivity index (χ1) is 12.1. The first kappa shape index (κ1) is 17.8. The van der Waals surface area contributed by atoms with Crippen LogP contribution in [0.25, 0.3) is 0 Å². The van der Waals surface area contributed by atoms with Crippen LogP contribution in [-0.2, 0) is 0 Å². The molecule has 3 rings (SSSR count). The summed E-state index contributed by atoms with van der Waals surface area (Å²) in [6.45, 7) is 2.14. The SMILES string of the molecule is CCC[C@@H]1N=C(c2ccc(Cl)cc2)C[C@@H](c2cccc(OC)c2O)N1. The molecule has 0 aromatic heterocycles. The van der Waals surface area contributed by atoms with Crippen molar-refractivity contribution in [2.24, 2.45) is 4.99 Å². The third kappa shape index (κ3) is 3.97. The number of rotatable bonds is 5. The number of aromatic hydroxyl groups is 1. The second-order valence-corrected chi connectivity index (χ2v) is 6.65. The van der Waals surface area contributed by atoms with E-state index >= 15 is 0 Å². The smallest absolute Gasteiger partial charge is 0.162 e. The molecule has 2 N–H and O–H groups in total. The van der Waals surface area contributed by atoms with Crippen LogP contribution in [0.5, 0.6) is 11.5 Å². The fraction of sp³-hybridized carbons (Fsp3) is 0.350. The highest BCUT2D eigenvalue weighted by atomic mass is 35.5. The Morgan fingerprint density at radius 3 is 2.68 bits per heavy atom. The quantitative estimate of drug-likeness (QED) is 0.814. The molecule has 0 aliphatic carbocycles. The third-order valence-corrected chi connectivity index (χ3v) is 4.72. The summed E-state index contributed by atoms with van der Waals surface area (Å²) in [5.41, 5.74) is 2.93. The lowest BCUT2D eigenvalue weighted by Gasteiger charge is -2.30. The predicted molar refractivity (Wildman–Crippen MR) is 102 cm³/mol. The van der Waals surface area contributed by atoms with Crippen molar-refractivity contribution in [3.8, 4) is 11.5 Å². The average Bonchev–Trinajstić information content (AvgIpc) is 2.62. The van der Waals surface area contributed by atoms with E-state index < -0.39 is 0 Å². The van der Waals surface area contributed by atoms with Crippen LogP contribution >= 0.6 is 11.6 Å². The van der Waals surface area contributed by atoms with E-state index in [1.807, 2.05) is 36.4 Å². The van der Waals surface area contributed by atoms with Gasteiger partial charge in [-0.3, -0.25) is 10.3 Å². The number of nitrogens with zero attached hydrogens (tertiary/aromatic N) is 1. The van der Waals surface area contributed by atoms with Crippen LogP contribution in [0.4, 0.5) is 0 Å². The number of para-hydroxylation sites is 1. The highest BCUT2D eigenvalue weighted by Gasteiger charge is 2.27. The number of phenolic OH excluding ortho intramolecular Hbond substituents is 1. The Hall–Kier alpha value is -2.04. The van der Waals surface area contributed by atoms with Crippen molar-refractivity contribution in [1.29, 1.82) is 0 Å². The Kier molecular flexibility index (Phi) is 5.61. The fourth-order valence-electron chi connectivity index (χ4n) is 3.20. The van der Waals surface area contributed by atoms with E-state index in [0.717, 1.165) is 29.7 Å². The van der Waals surface area contributed by atoms with Crippen molar-refractivity contribution in [2.75, 3.05) is 7.11 Å². The molecule has 4 nitrogen and oxygen atoms in total. The van der Waals surface area contributed by atoms with Gasteiger partial charge in [-0.1, -0.05) is 49.2 Å². The summed E-state index contributed by atoms with van der Waals surface area (Å²) < 4.78 is 5.25. The van der Waals surface area contributed by atoms with Crippen LogP contribution < -0.4 is 10.1 Å². The topological polar surface area (TPSA) is 53.9 Å². The molecule has 0 radical (unpaired) electrons. The van der Waals surface area contributed by atoms with E-state index in [-0.39, 0.29) is 18.0 Å². The van der Waals surface area contributed by atoms with E-state index in [0.29, 0.717) is 17.2 Å². The molecule has 2 atom stereocenters. The molecular weight excluding hydrogens is 336 g/mol. The van der Waals surface area contributed by atoms with Crippen LogP contribution in [0.2, 0.25) is 5.02 Å². The summed E-state index contributed by atoms with van der Waals surface area (Å²) in [6.07, 6.45) is 2.70. The zero-order valence-electron chi connectivity index (χ0n) is 14.5. The molecule has 5 heteroatoms. The molecule has 1 heterocycles. The van der Waals surface area contributed by atoms with Gasteiger partial charge in [0.15, 0.2) is 11.5 Å². The van der Waals surface area contributed by atoms with Crippen molar-refractivity contribution in [1.82, 2.24) is 5.32 Å². The number of nitrogens with one attached hydrogen (secondary N) is 1. The maximum Gasteiger partial charge on any atom is 0.162 e. The Balaban J connectivity index is 1.94. The van der Waals surface area contributed by atoms with E-state index in [1.54, 1.807) is 13.2 Å². The Bertz CT molecular complexity index is 759. The van der Waals surface area contributed by atoms with Gasteiger partial charge in [-0.15, -0.1) is 0 Å². The molecule has 1 aliphatic rings. The first-order valence-corrected chi connectivity index (χ1v) is 8.94. The molecule has 0 spiro atoms. The average molecular weight is 359 g/mol. The van der Waals surface area contributed by atoms with Gasteiger partial charge < -0.3 is 9.84 Å². The predicted octanol–water partition coefficient (Wildman–Crippen LogP) is 4.70. The highest BCUT2D eigenvalue weighted by molar-refractivity contribution is 6.30. The molecule has 132 valence electrons. The minimum Gasteiger partial charge on any atom is -0.504 e. The zero-order chi connectivity index (χ0) is 17.8.